The Morgan fingerprint density at radius 3 is 2.72 bits per heavy atom. The molecule has 2 aromatic rings. The first kappa shape index (κ1) is 22.4. The van der Waals surface area contributed by atoms with Crippen LogP contribution in [0, 0.1) is 0 Å². The van der Waals surface area contributed by atoms with Crippen molar-refractivity contribution in [1.29, 1.82) is 0 Å². The van der Waals surface area contributed by atoms with Gasteiger partial charge in [-0.25, -0.2) is 0 Å². The molecule has 8 heteroatoms. The lowest BCUT2D eigenvalue weighted by Gasteiger charge is -2.18. The predicted octanol–water partition coefficient (Wildman–Crippen LogP) is 2.34. The summed E-state index contributed by atoms with van der Waals surface area (Å²) in [5, 5.41) is 10.4. The zero-order valence-corrected chi connectivity index (χ0v) is 17.8. The highest BCUT2D eigenvalue weighted by Crippen LogP contribution is 2.22. The van der Waals surface area contributed by atoms with Crippen molar-refractivity contribution in [1.82, 2.24) is 25.7 Å². The molecule has 0 saturated carbocycles. The molecule has 0 bridgehead atoms. The second kappa shape index (κ2) is 11.8. The molecule has 0 saturated heterocycles. The molecular weight excluding hydrogens is 368 g/mol. The Bertz CT molecular complexity index is 770. The van der Waals surface area contributed by atoms with Crippen molar-refractivity contribution in [3.63, 3.8) is 0 Å². The van der Waals surface area contributed by atoms with Crippen LogP contribution in [0.3, 0.4) is 0 Å². The zero-order chi connectivity index (χ0) is 21.1. The molecule has 2 N–H and O–H groups in total. The van der Waals surface area contributed by atoms with Crippen molar-refractivity contribution in [3.8, 4) is 0 Å². The van der Waals surface area contributed by atoms with E-state index in [4.69, 9.17) is 4.52 Å². The van der Waals surface area contributed by atoms with Crippen LogP contribution in [-0.4, -0.2) is 54.1 Å². The van der Waals surface area contributed by atoms with Crippen LogP contribution in [0.2, 0.25) is 0 Å². The number of nitrogens with one attached hydrogen (secondary N) is 2. The Balaban J connectivity index is 1.74. The van der Waals surface area contributed by atoms with Crippen molar-refractivity contribution in [2.45, 2.75) is 45.6 Å². The molecule has 29 heavy (non-hydrogen) atoms. The molecule has 2 aromatic heterocycles. The summed E-state index contributed by atoms with van der Waals surface area (Å²) in [6.45, 7) is 5.53. The quantitative estimate of drug-likeness (QED) is 0.469. The highest BCUT2D eigenvalue weighted by atomic mass is 16.5. The summed E-state index contributed by atoms with van der Waals surface area (Å²) in [6.07, 6.45) is 4.56. The summed E-state index contributed by atoms with van der Waals surface area (Å²) < 4.78 is 5.41. The molecule has 0 aromatic carbocycles. The fourth-order valence-electron chi connectivity index (χ4n) is 2.95. The summed E-state index contributed by atoms with van der Waals surface area (Å²) in [5.41, 5.74) is 1.96. The van der Waals surface area contributed by atoms with Gasteiger partial charge in [-0.1, -0.05) is 25.1 Å². The molecule has 0 radical (unpaired) electrons. The summed E-state index contributed by atoms with van der Waals surface area (Å²) >= 11 is 0. The van der Waals surface area contributed by atoms with Crippen LogP contribution in [0.5, 0.6) is 0 Å². The first-order valence-corrected chi connectivity index (χ1v) is 10.1. The lowest BCUT2D eigenvalue weighted by atomic mass is 9.99. The molecule has 0 atom stereocenters. The highest BCUT2D eigenvalue weighted by molar-refractivity contribution is 5.86. The van der Waals surface area contributed by atoms with E-state index >= 15 is 0 Å². The second-order valence-electron chi connectivity index (χ2n) is 6.90. The summed E-state index contributed by atoms with van der Waals surface area (Å²) in [7, 11) is 3.46. The van der Waals surface area contributed by atoms with Gasteiger partial charge in [0.1, 0.15) is 0 Å². The van der Waals surface area contributed by atoms with Crippen LogP contribution in [0.15, 0.2) is 40.0 Å². The minimum absolute atomic E-state index is 0.0143. The Kier molecular flexibility index (Phi) is 9.14. The number of aliphatic imine (C=N–C) groups is 1. The third-order valence-electron chi connectivity index (χ3n) is 4.90. The normalized spacial score (nSPS) is 11.6. The highest BCUT2D eigenvalue weighted by Gasteiger charge is 2.14. The van der Waals surface area contributed by atoms with E-state index in [0.29, 0.717) is 25.0 Å². The van der Waals surface area contributed by atoms with Crippen LogP contribution in [-0.2, 0) is 17.8 Å². The first-order chi connectivity index (χ1) is 14.1. The SMILES string of the molecule is CCC(CC)c1cc(CNC(=NC)NCC(=O)N(C)CCc2ccccn2)on1. The Morgan fingerprint density at radius 1 is 1.28 bits per heavy atom. The number of hydrogen-bond acceptors (Lipinski definition) is 5. The predicted molar refractivity (Wildman–Crippen MR) is 114 cm³/mol. The van der Waals surface area contributed by atoms with Crippen LogP contribution in [0.4, 0.5) is 0 Å². The molecule has 0 fully saturated rings. The number of rotatable bonds is 10. The molecule has 158 valence electrons. The van der Waals surface area contributed by atoms with Crippen molar-refractivity contribution >= 4 is 11.9 Å². The van der Waals surface area contributed by atoms with Gasteiger partial charge in [-0.3, -0.25) is 14.8 Å². The van der Waals surface area contributed by atoms with Gasteiger partial charge in [0, 0.05) is 50.9 Å². The van der Waals surface area contributed by atoms with E-state index in [1.807, 2.05) is 24.3 Å². The lowest BCUT2D eigenvalue weighted by Crippen LogP contribution is -2.43. The molecule has 0 aliphatic rings. The minimum Gasteiger partial charge on any atom is -0.359 e. The van der Waals surface area contributed by atoms with Crippen LogP contribution in [0.1, 0.15) is 49.8 Å². The van der Waals surface area contributed by atoms with E-state index < -0.39 is 0 Å². The second-order valence-corrected chi connectivity index (χ2v) is 6.90. The molecular formula is C21H32N6O2. The van der Waals surface area contributed by atoms with Crippen LogP contribution >= 0.6 is 0 Å². The van der Waals surface area contributed by atoms with Crippen LogP contribution in [0.25, 0.3) is 0 Å². The van der Waals surface area contributed by atoms with E-state index in [1.165, 1.54) is 0 Å². The smallest absolute Gasteiger partial charge is 0.241 e. The van der Waals surface area contributed by atoms with Gasteiger partial charge in [0.15, 0.2) is 11.7 Å². The number of carbonyl (C=O) groups excluding carboxylic acids is 1. The van der Waals surface area contributed by atoms with Gasteiger partial charge in [0.05, 0.1) is 18.8 Å². The monoisotopic (exact) mass is 400 g/mol. The number of carbonyl (C=O) groups is 1. The average Bonchev–Trinajstić information content (AvgIpc) is 3.22. The van der Waals surface area contributed by atoms with Gasteiger partial charge in [0.25, 0.3) is 0 Å². The third kappa shape index (κ3) is 7.21. The maximum absolute atomic E-state index is 12.3. The summed E-state index contributed by atoms with van der Waals surface area (Å²) in [6, 6.07) is 7.77. The van der Waals surface area contributed by atoms with E-state index in [2.05, 4.69) is 39.6 Å². The number of guanidine groups is 1. The summed E-state index contributed by atoms with van der Waals surface area (Å²) in [5.74, 6) is 1.69. The van der Waals surface area contributed by atoms with Gasteiger partial charge < -0.3 is 20.1 Å². The van der Waals surface area contributed by atoms with E-state index in [9.17, 15) is 4.79 Å². The Labute approximate surface area is 172 Å². The van der Waals surface area contributed by atoms with Crippen molar-refractivity contribution in [2.24, 2.45) is 4.99 Å². The average molecular weight is 401 g/mol. The zero-order valence-electron chi connectivity index (χ0n) is 17.8. The van der Waals surface area contributed by atoms with Gasteiger partial charge >= 0.3 is 0 Å². The summed E-state index contributed by atoms with van der Waals surface area (Å²) in [4.78, 5) is 22.5. The Hall–Kier alpha value is -2.90. The molecule has 0 spiro atoms. The largest absolute Gasteiger partial charge is 0.359 e. The standard InChI is InChI=1S/C21H32N6O2/c1-5-16(6-2)19-13-18(29-26-19)14-24-21(22-3)25-15-20(28)27(4)12-10-17-9-7-8-11-23-17/h7-9,11,13,16H,5-6,10,12,14-15H2,1-4H3,(H2,22,24,25). The topological polar surface area (TPSA) is 95.7 Å². The molecule has 0 aliphatic heterocycles. The minimum atomic E-state index is -0.0143. The van der Waals surface area contributed by atoms with Crippen molar-refractivity contribution in [2.75, 3.05) is 27.2 Å². The fraction of sp³-hybridized carbons (Fsp3) is 0.524. The number of pyridine rings is 1. The lowest BCUT2D eigenvalue weighted by molar-refractivity contribution is -0.128. The van der Waals surface area contributed by atoms with Gasteiger partial charge in [-0.2, -0.15) is 0 Å². The maximum atomic E-state index is 12.3. The number of amides is 1. The number of likely N-dealkylation sites (N-methyl/N-ethyl adjacent to an activating group) is 1. The number of aromatic nitrogens is 2. The molecule has 1 amide bonds. The van der Waals surface area contributed by atoms with Gasteiger partial charge in [0.2, 0.25) is 5.91 Å². The van der Waals surface area contributed by atoms with Gasteiger partial charge in [-0.05, 0) is 25.0 Å². The molecule has 2 rings (SSSR count). The number of nitrogens with zero attached hydrogens (tertiary/aromatic N) is 4. The van der Waals surface area contributed by atoms with Crippen molar-refractivity contribution < 1.29 is 9.32 Å². The van der Waals surface area contributed by atoms with E-state index in [0.717, 1.165) is 36.4 Å². The van der Waals surface area contributed by atoms with E-state index in [-0.39, 0.29) is 12.5 Å². The first-order valence-electron chi connectivity index (χ1n) is 10.1. The van der Waals surface area contributed by atoms with E-state index in [1.54, 1.807) is 25.2 Å². The van der Waals surface area contributed by atoms with Gasteiger partial charge in [-0.15, -0.1) is 0 Å². The molecule has 0 aliphatic carbocycles. The van der Waals surface area contributed by atoms with Crippen LogP contribution < -0.4 is 10.6 Å². The Morgan fingerprint density at radius 2 is 2.07 bits per heavy atom. The molecule has 8 nitrogen and oxygen atoms in total. The maximum Gasteiger partial charge on any atom is 0.241 e. The molecule has 0 unspecified atom stereocenters. The van der Waals surface area contributed by atoms with Crippen molar-refractivity contribution in [3.05, 3.63) is 47.6 Å². The number of hydrogen-bond donors (Lipinski definition) is 2. The fourth-order valence-corrected chi connectivity index (χ4v) is 2.95. The third-order valence-corrected chi connectivity index (χ3v) is 4.90. The molecule has 2 heterocycles.